The fraction of sp³-hybridized carbons (Fsp3) is 0.0769. The quantitative estimate of drug-likeness (QED) is 0.512. The van der Waals surface area contributed by atoms with Crippen LogP contribution >= 0.6 is 0 Å². The van der Waals surface area contributed by atoms with E-state index in [0.29, 0.717) is 18.1 Å². The fourth-order valence-corrected chi connectivity index (χ4v) is 1.35. The van der Waals surface area contributed by atoms with Gasteiger partial charge in [0.05, 0.1) is 0 Å². The molecule has 0 spiro atoms. The summed E-state index contributed by atoms with van der Waals surface area (Å²) in [5.41, 5.74) is 0.833. The van der Waals surface area contributed by atoms with E-state index in [0.717, 1.165) is 5.56 Å². The Hall–Kier alpha value is -2.43. The second-order valence-electron chi connectivity index (χ2n) is 3.50. The molecule has 0 saturated carbocycles. The molecule has 0 amide bonds. The van der Waals surface area contributed by atoms with Crippen molar-refractivity contribution in [2.24, 2.45) is 5.16 Å². The third-order valence-corrected chi connectivity index (χ3v) is 2.17. The highest BCUT2D eigenvalue weighted by molar-refractivity contribution is 5.60. The van der Waals surface area contributed by atoms with Gasteiger partial charge in [0, 0.05) is 24.8 Å². The second kappa shape index (κ2) is 5.77. The first-order chi connectivity index (χ1) is 8.78. The van der Waals surface area contributed by atoms with Crippen molar-refractivity contribution in [3.05, 3.63) is 54.0 Å². The minimum atomic E-state index is -0.363. The predicted molar refractivity (Wildman–Crippen MR) is 63.6 cm³/mol. The lowest BCUT2D eigenvalue weighted by Crippen LogP contribution is -1.91. The topological polar surface area (TPSA) is 54.7 Å². The molecule has 2 aromatic rings. The van der Waals surface area contributed by atoms with Crippen molar-refractivity contribution in [2.75, 3.05) is 0 Å². The summed E-state index contributed by atoms with van der Waals surface area (Å²) in [4.78, 5) is 4.05. The molecule has 0 fully saturated rings. The summed E-state index contributed by atoms with van der Waals surface area (Å²) in [6, 6.07) is 9.24. The Balaban J connectivity index is 2.06. The van der Waals surface area contributed by atoms with Crippen molar-refractivity contribution < 1.29 is 14.3 Å². The average Bonchev–Trinajstić information content (AvgIpc) is 2.38. The molecule has 0 saturated heterocycles. The van der Waals surface area contributed by atoms with Crippen LogP contribution in [-0.4, -0.2) is 16.4 Å². The minimum Gasteiger partial charge on any atom is -0.439 e. The van der Waals surface area contributed by atoms with E-state index in [1.54, 1.807) is 30.5 Å². The number of benzene rings is 1. The summed E-state index contributed by atoms with van der Waals surface area (Å²) in [6.07, 6.45) is 4.33. The van der Waals surface area contributed by atoms with Crippen LogP contribution in [0.4, 0.5) is 4.39 Å². The first kappa shape index (κ1) is 12.0. The molecule has 0 aliphatic heterocycles. The zero-order chi connectivity index (χ0) is 12.8. The molecular weight excluding hydrogens is 235 g/mol. The van der Waals surface area contributed by atoms with E-state index in [4.69, 9.17) is 9.94 Å². The normalized spacial score (nSPS) is 10.7. The van der Waals surface area contributed by atoms with Crippen LogP contribution < -0.4 is 4.74 Å². The lowest BCUT2D eigenvalue weighted by molar-refractivity contribution is 0.321. The van der Waals surface area contributed by atoms with Crippen molar-refractivity contribution in [1.29, 1.82) is 0 Å². The van der Waals surface area contributed by atoms with Crippen molar-refractivity contribution in [3.8, 4) is 11.6 Å². The Bertz CT molecular complexity index is 541. The molecule has 1 aromatic heterocycles. The van der Waals surface area contributed by atoms with Gasteiger partial charge in [-0.3, -0.25) is 0 Å². The number of rotatable bonds is 4. The van der Waals surface area contributed by atoms with Crippen LogP contribution in [0, 0.1) is 5.82 Å². The molecule has 0 atom stereocenters. The van der Waals surface area contributed by atoms with Gasteiger partial charge in [-0.15, -0.1) is 0 Å². The number of hydrogen-bond donors (Lipinski definition) is 1. The molecule has 5 heteroatoms. The van der Waals surface area contributed by atoms with Gasteiger partial charge in [-0.05, 0) is 17.7 Å². The predicted octanol–water partition coefficient (Wildman–Crippen LogP) is 2.89. The third kappa shape index (κ3) is 3.28. The van der Waals surface area contributed by atoms with Gasteiger partial charge in [0.15, 0.2) is 0 Å². The SMILES string of the molecule is O/N=[C]/Cc1ccc(Oc2cccc(F)c2)nc1. The molecule has 0 aliphatic rings. The van der Waals surface area contributed by atoms with Crippen molar-refractivity contribution in [2.45, 2.75) is 6.42 Å². The fourth-order valence-electron chi connectivity index (χ4n) is 1.35. The minimum absolute atomic E-state index is 0.363. The summed E-state index contributed by atoms with van der Waals surface area (Å²) >= 11 is 0. The van der Waals surface area contributed by atoms with Crippen LogP contribution in [0.25, 0.3) is 0 Å². The number of halogens is 1. The van der Waals surface area contributed by atoms with Crippen LogP contribution in [0.2, 0.25) is 0 Å². The summed E-state index contributed by atoms with van der Waals surface area (Å²) in [5, 5.41) is 11.0. The standard InChI is InChI=1S/C13H10FN2O2/c14-11-2-1-3-12(8-11)18-13-5-4-10(9-15-13)6-7-16-17/h1-5,8-9,17H,6H2. The van der Waals surface area contributed by atoms with Crippen LogP contribution in [0.1, 0.15) is 5.56 Å². The molecule has 0 bridgehead atoms. The summed E-state index contributed by atoms with van der Waals surface area (Å²) in [5.74, 6) is 0.391. The largest absolute Gasteiger partial charge is 0.439 e. The van der Waals surface area contributed by atoms with E-state index in [-0.39, 0.29) is 5.82 Å². The van der Waals surface area contributed by atoms with Crippen molar-refractivity contribution in [3.63, 3.8) is 0 Å². The number of pyridine rings is 1. The number of hydrogen-bond acceptors (Lipinski definition) is 4. The molecule has 4 nitrogen and oxygen atoms in total. The molecule has 1 aromatic carbocycles. The summed E-state index contributed by atoms with van der Waals surface area (Å²) in [6.45, 7) is 0. The summed E-state index contributed by atoms with van der Waals surface area (Å²) < 4.78 is 18.3. The summed E-state index contributed by atoms with van der Waals surface area (Å²) in [7, 11) is 0. The molecule has 1 N–H and O–H groups in total. The molecule has 1 radical (unpaired) electrons. The Kier molecular flexibility index (Phi) is 3.86. The van der Waals surface area contributed by atoms with Gasteiger partial charge in [0.2, 0.25) is 5.88 Å². The highest BCUT2D eigenvalue weighted by Crippen LogP contribution is 2.19. The Labute approximate surface area is 103 Å². The average molecular weight is 245 g/mol. The van der Waals surface area contributed by atoms with E-state index in [9.17, 15) is 4.39 Å². The molecule has 0 unspecified atom stereocenters. The molecule has 91 valence electrons. The lowest BCUT2D eigenvalue weighted by atomic mass is 10.2. The Morgan fingerprint density at radius 3 is 2.89 bits per heavy atom. The highest BCUT2D eigenvalue weighted by Gasteiger charge is 2.00. The molecule has 0 aliphatic carbocycles. The number of nitrogens with zero attached hydrogens (tertiary/aromatic N) is 2. The number of aromatic nitrogens is 1. The van der Waals surface area contributed by atoms with E-state index in [2.05, 4.69) is 16.4 Å². The maximum atomic E-state index is 12.9. The van der Waals surface area contributed by atoms with Gasteiger partial charge in [-0.1, -0.05) is 17.3 Å². The van der Waals surface area contributed by atoms with Crippen molar-refractivity contribution in [1.82, 2.24) is 4.98 Å². The third-order valence-electron chi connectivity index (χ3n) is 2.17. The highest BCUT2D eigenvalue weighted by atomic mass is 19.1. The Morgan fingerprint density at radius 1 is 1.33 bits per heavy atom. The maximum absolute atomic E-state index is 12.9. The van der Waals surface area contributed by atoms with Crippen LogP contribution in [0.5, 0.6) is 11.6 Å². The first-order valence-corrected chi connectivity index (χ1v) is 5.23. The first-order valence-electron chi connectivity index (χ1n) is 5.23. The monoisotopic (exact) mass is 245 g/mol. The van der Waals surface area contributed by atoms with Gasteiger partial charge in [-0.25, -0.2) is 9.37 Å². The van der Waals surface area contributed by atoms with Gasteiger partial charge in [-0.2, -0.15) is 0 Å². The maximum Gasteiger partial charge on any atom is 0.219 e. The molecule has 1 heterocycles. The second-order valence-corrected chi connectivity index (χ2v) is 3.50. The van der Waals surface area contributed by atoms with Crippen LogP contribution in [0.3, 0.4) is 0 Å². The zero-order valence-corrected chi connectivity index (χ0v) is 9.38. The zero-order valence-electron chi connectivity index (χ0n) is 9.38. The van der Waals surface area contributed by atoms with Gasteiger partial charge >= 0.3 is 0 Å². The van der Waals surface area contributed by atoms with Crippen molar-refractivity contribution >= 4 is 6.21 Å². The molecular formula is C13H10FN2O2. The van der Waals surface area contributed by atoms with Gasteiger partial charge in [0.1, 0.15) is 17.8 Å². The van der Waals surface area contributed by atoms with Gasteiger partial charge in [0.25, 0.3) is 0 Å². The van der Waals surface area contributed by atoms with E-state index >= 15 is 0 Å². The van der Waals surface area contributed by atoms with Crippen LogP contribution in [-0.2, 0) is 6.42 Å². The molecule has 2 rings (SSSR count). The van der Waals surface area contributed by atoms with E-state index in [1.807, 2.05) is 0 Å². The van der Waals surface area contributed by atoms with E-state index in [1.165, 1.54) is 12.1 Å². The smallest absolute Gasteiger partial charge is 0.219 e. The van der Waals surface area contributed by atoms with Crippen LogP contribution in [0.15, 0.2) is 47.8 Å². The number of ether oxygens (including phenoxy) is 1. The lowest BCUT2D eigenvalue weighted by Gasteiger charge is -2.04. The van der Waals surface area contributed by atoms with E-state index < -0.39 is 0 Å². The van der Waals surface area contributed by atoms with Gasteiger partial charge < -0.3 is 9.94 Å². The molecule has 18 heavy (non-hydrogen) atoms. The Morgan fingerprint density at radius 2 is 2.22 bits per heavy atom.